The molecule has 0 aliphatic carbocycles. The smallest absolute Gasteiger partial charge is 0.356 e. The van der Waals surface area contributed by atoms with Gasteiger partial charge in [-0.3, -0.25) is 5.10 Å². The molecule has 112 valence electrons. The highest BCUT2D eigenvalue weighted by Crippen LogP contribution is 2.26. The lowest BCUT2D eigenvalue weighted by atomic mass is 10.1. The third kappa shape index (κ3) is 2.87. The molecule has 0 amide bonds. The number of H-pyrrole nitrogens is 1. The average molecular weight is 318 g/mol. The van der Waals surface area contributed by atoms with Gasteiger partial charge >= 0.3 is 5.97 Å². The predicted molar refractivity (Wildman–Crippen MR) is 79.4 cm³/mol. The van der Waals surface area contributed by atoms with Crippen molar-refractivity contribution in [1.29, 1.82) is 0 Å². The van der Waals surface area contributed by atoms with Gasteiger partial charge in [0.25, 0.3) is 0 Å². The van der Waals surface area contributed by atoms with Crippen molar-refractivity contribution in [2.75, 3.05) is 0 Å². The van der Waals surface area contributed by atoms with Gasteiger partial charge in [-0.25, -0.2) is 4.79 Å². The quantitative estimate of drug-likeness (QED) is 0.746. The van der Waals surface area contributed by atoms with E-state index in [0.717, 1.165) is 11.1 Å². The van der Waals surface area contributed by atoms with Crippen molar-refractivity contribution in [1.82, 2.24) is 15.4 Å². The van der Waals surface area contributed by atoms with Gasteiger partial charge in [0.1, 0.15) is 18.1 Å². The number of hydrogen-bond acceptors (Lipinski definition) is 5. The second-order valence-corrected chi connectivity index (χ2v) is 5.04. The van der Waals surface area contributed by atoms with Gasteiger partial charge < -0.3 is 9.26 Å². The molecule has 6 nitrogen and oxygen atoms in total. The number of rotatable bonds is 4. The van der Waals surface area contributed by atoms with Gasteiger partial charge in [0.05, 0.1) is 22.5 Å². The van der Waals surface area contributed by atoms with Crippen LogP contribution in [-0.4, -0.2) is 21.3 Å². The Bertz CT molecular complexity index is 810. The number of halogens is 1. The van der Waals surface area contributed by atoms with Gasteiger partial charge in [-0.15, -0.1) is 0 Å². The molecule has 22 heavy (non-hydrogen) atoms. The van der Waals surface area contributed by atoms with Crippen molar-refractivity contribution in [3.05, 3.63) is 58.6 Å². The molecule has 0 atom stereocenters. The summed E-state index contributed by atoms with van der Waals surface area (Å²) in [5.74, 6) is 0.112. The summed E-state index contributed by atoms with van der Waals surface area (Å²) in [6.07, 6.45) is 1.52. The summed E-state index contributed by atoms with van der Waals surface area (Å²) in [5.41, 5.74) is 2.30. The van der Waals surface area contributed by atoms with E-state index in [1.54, 1.807) is 19.1 Å². The number of esters is 1. The molecular formula is C15H12ClN3O3. The lowest BCUT2D eigenvalue weighted by Crippen LogP contribution is -2.05. The average Bonchev–Trinajstić information content (AvgIpc) is 3.14. The monoisotopic (exact) mass is 317 g/mol. The summed E-state index contributed by atoms with van der Waals surface area (Å²) in [6.45, 7) is 1.84. The lowest BCUT2D eigenvalue weighted by molar-refractivity contribution is 0.0464. The van der Waals surface area contributed by atoms with Crippen LogP contribution >= 0.6 is 11.6 Å². The first-order chi connectivity index (χ1) is 10.6. The zero-order valence-corrected chi connectivity index (χ0v) is 12.4. The van der Waals surface area contributed by atoms with E-state index < -0.39 is 5.97 Å². The first-order valence-electron chi connectivity index (χ1n) is 6.52. The number of carbonyl (C=O) groups excluding carboxylic acids is 1. The molecule has 0 fully saturated rings. The van der Waals surface area contributed by atoms with Crippen molar-refractivity contribution >= 4 is 17.6 Å². The Morgan fingerprint density at radius 2 is 2.23 bits per heavy atom. The van der Waals surface area contributed by atoms with Crippen LogP contribution < -0.4 is 0 Å². The van der Waals surface area contributed by atoms with E-state index in [9.17, 15) is 4.79 Å². The molecule has 1 N–H and O–H groups in total. The third-order valence-corrected chi connectivity index (χ3v) is 3.49. The molecule has 2 aromatic heterocycles. The normalized spacial score (nSPS) is 10.6. The van der Waals surface area contributed by atoms with Crippen LogP contribution in [0.15, 0.2) is 41.1 Å². The fourth-order valence-electron chi connectivity index (χ4n) is 1.91. The highest BCUT2D eigenvalue weighted by atomic mass is 35.5. The van der Waals surface area contributed by atoms with E-state index >= 15 is 0 Å². The number of carbonyl (C=O) groups is 1. The van der Waals surface area contributed by atoms with Crippen molar-refractivity contribution in [2.45, 2.75) is 13.5 Å². The summed E-state index contributed by atoms with van der Waals surface area (Å²) >= 11 is 6.11. The van der Waals surface area contributed by atoms with E-state index in [2.05, 4.69) is 15.4 Å². The van der Waals surface area contributed by atoms with Crippen LogP contribution in [0, 0.1) is 6.92 Å². The van der Waals surface area contributed by atoms with Crippen LogP contribution in [0.25, 0.3) is 11.3 Å². The first kappa shape index (κ1) is 14.3. The predicted octanol–water partition coefficient (Wildman–Crippen LogP) is 3.38. The number of nitrogens with zero attached hydrogens (tertiary/aromatic N) is 2. The summed E-state index contributed by atoms with van der Waals surface area (Å²) < 4.78 is 10.1. The lowest BCUT2D eigenvalue weighted by Gasteiger charge is -2.00. The third-order valence-electron chi connectivity index (χ3n) is 3.16. The molecule has 2 heterocycles. The molecule has 7 heteroatoms. The Hall–Kier alpha value is -2.60. The van der Waals surface area contributed by atoms with Crippen molar-refractivity contribution in [2.24, 2.45) is 0 Å². The molecule has 0 aliphatic rings. The number of hydrogen-bond donors (Lipinski definition) is 1. The van der Waals surface area contributed by atoms with E-state index in [4.69, 9.17) is 20.9 Å². The van der Waals surface area contributed by atoms with Gasteiger partial charge in [-0.2, -0.15) is 5.10 Å². The Kier molecular flexibility index (Phi) is 3.93. The van der Waals surface area contributed by atoms with Crippen LogP contribution in [0.5, 0.6) is 0 Å². The van der Waals surface area contributed by atoms with Gasteiger partial charge in [-0.1, -0.05) is 35.0 Å². The minimum atomic E-state index is -0.508. The van der Waals surface area contributed by atoms with Crippen molar-refractivity contribution < 1.29 is 14.1 Å². The SMILES string of the molecule is Cc1oncc1COC(=O)c1cc(-c2ccccc2Cl)n[nH]1. The molecule has 0 bridgehead atoms. The van der Waals surface area contributed by atoms with Gasteiger partial charge in [0.15, 0.2) is 0 Å². The number of nitrogens with one attached hydrogen (secondary N) is 1. The van der Waals surface area contributed by atoms with Crippen LogP contribution in [0.2, 0.25) is 5.02 Å². The van der Waals surface area contributed by atoms with Crippen LogP contribution in [0.4, 0.5) is 0 Å². The molecule has 1 aromatic carbocycles. The molecule has 0 aliphatic heterocycles. The molecule has 0 spiro atoms. The van der Waals surface area contributed by atoms with E-state index in [1.807, 2.05) is 18.2 Å². The van der Waals surface area contributed by atoms with Crippen molar-refractivity contribution in [3.8, 4) is 11.3 Å². The maximum atomic E-state index is 12.0. The van der Waals surface area contributed by atoms with Gasteiger partial charge in [0.2, 0.25) is 0 Å². The van der Waals surface area contributed by atoms with E-state index in [0.29, 0.717) is 16.5 Å². The molecule has 0 unspecified atom stereocenters. The summed E-state index contributed by atoms with van der Waals surface area (Å²) in [7, 11) is 0. The van der Waals surface area contributed by atoms with Crippen LogP contribution in [-0.2, 0) is 11.3 Å². The zero-order valence-electron chi connectivity index (χ0n) is 11.7. The molecule has 0 saturated carbocycles. The van der Waals surface area contributed by atoms with E-state index in [1.165, 1.54) is 6.20 Å². The zero-order chi connectivity index (χ0) is 15.5. The number of aromatic nitrogens is 3. The highest BCUT2D eigenvalue weighted by Gasteiger charge is 2.15. The van der Waals surface area contributed by atoms with E-state index in [-0.39, 0.29) is 12.3 Å². The maximum Gasteiger partial charge on any atom is 0.356 e. The fraction of sp³-hybridized carbons (Fsp3) is 0.133. The molecule has 3 rings (SSSR count). The highest BCUT2D eigenvalue weighted by molar-refractivity contribution is 6.33. The molecule has 3 aromatic rings. The minimum Gasteiger partial charge on any atom is -0.456 e. The molecular weight excluding hydrogens is 306 g/mol. The fourth-order valence-corrected chi connectivity index (χ4v) is 2.14. The topological polar surface area (TPSA) is 81.0 Å². The largest absolute Gasteiger partial charge is 0.456 e. The molecule has 0 saturated heterocycles. The summed E-state index contributed by atoms with van der Waals surface area (Å²) in [6, 6.07) is 8.87. The Balaban J connectivity index is 1.72. The summed E-state index contributed by atoms with van der Waals surface area (Å²) in [5, 5.41) is 10.9. The maximum absolute atomic E-state index is 12.0. The number of aryl methyl sites for hydroxylation is 1. The second-order valence-electron chi connectivity index (χ2n) is 4.63. The van der Waals surface area contributed by atoms with Crippen molar-refractivity contribution in [3.63, 3.8) is 0 Å². The van der Waals surface area contributed by atoms with Gasteiger partial charge in [0, 0.05) is 5.56 Å². The summed E-state index contributed by atoms with van der Waals surface area (Å²) in [4.78, 5) is 12.0. The Morgan fingerprint density at radius 1 is 1.41 bits per heavy atom. The Morgan fingerprint density at radius 3 is 2.95 bits per heavy atom. The van der Waals surface area contributed by atoms with Crippen LogP contribution in [0.3, 0.4) is 0 Å². The number of aromatic amines is 1. The second kappa shape index (κ2) is 6.03. The minimum absolute atomic E-state index is 0.0919. The molecule has 0 radical (unpaired) electrons. The standard InChI is InChI=1S/C15H12ClN3O3/c1-9-10(7-17-22-9)8-21-15(20)14-6-13(18-19-14)11-4-2-3-5-12(11)16/h2-7H,8H2,1H3,(H,18,19). The van der Waals surface area contributed by atoms with Gasteiger partial charge in [-0.05, 0) is 19.1 Å². The number of ether oxygens (including phenoxy) is 1. The Labute approximate surface area is 131 Å². The first-order valence-corrected chi connectivity index (χ1v) is 6.90. The van der Waals surface area contributed by atoms with Crippen LogP contribution in [0.1, 0.15) is 21.8 Å². The number of benzene rings is 1.